The highest BCUT2D eigenvalue weighted by atomic mass is 16.7. The van der Waals surface area contributed by atoms with E-state index in [0.717, 1.165) is 16.6 Å². The Morgan fingerprint density at radius 3 is 2.62 bits per heavy atom. The molecule has 2 atom stereocenters. The molecular formula is C17H18N4O3. The van der Waals surface area contributed by atoms with Gasteiger partial charge in [0.15, 0.2) is 0 Å². The van der Waals surface area contributed by atoms with Crippen molar-refractivity contribution in [3.8, 4) is 6.07 Å². The summed E-state index contributed by atoms with van der Waals surface area (Å²) < 4.78 is 2.32. The number of benzene rings is 1. The zero-order chi connectivity index (χ0) is 17.3. The molecule has 2 aromatic rings. The molecular weight excluding hydrogens is 308 g/mol. The molecule has 0 aliphatic carbocycles. The van der Waals surface area contributed by atoms with E-state index in [4.69, 9.17) is 10.1 Å². The molecule has 7 heteroatoms. The summed E-state index contributed by atoms with van der Waals surface area (Å²) >= 11 is 0. The Kier molecular flexibility index (Phi) is 4.34. The monoisotopic (exact) mass is 326 g/mol. The molecule has 24 heavy (non-hydrogen) atoms. The topological polar surface area (TPSA) is 80.3 Å². The van der Waals surface area contributed by atoms with Crippen LogP contribution in [0.25, 0.3) is 0 Å². The highest BCUT2D eigenvalue weighted by Gasteiger charge is 2.32. The van der Waals surface area contributed by atoms with Crippen molar-refractivity contribution >= 4 is 0 Å². The fourth-order valence-electron chi connectivity index (χ4n) is 3.03. The maximum Gasteiger partial charge on any atom is 0.330 e. The van der Waals surface area contributed by atoms with Crippen molar-refractivity contribution < 1.29 is 4.84 Å². The Morgan fingerprint density at radius 1 is 1.25 bits per heavy atom. The molecule has 0 spiro atoms. The predicted octanol–water partition coefficient (Wildman–Crippen LogP) is 0.796. The second-order valence-corrected chi connectivity index (χ2v) is 5.89. The standard InChI is InChI=1S/C17H18N4O3/c1-19-16(22)13(9-18)10-21(17(19)23)11-14-8-15(20(2)24-14)12-6-4-3-5-7-12/h3-7,10,14-15H,8,11H2,1-2H3/t14-,15-/m1/s1. The van der Waals surface area contributed by atoms with Gasteiger partial charge in [0.1, 0.15) is 11.6 Å². The first-order valence-corrected chi connectivity index (χ1v) is 7.66. The van der Waals surface area contributed by atoms with Crippen molar-refractivity contribution in [1.82, 2.24) is 14.2 Å². The van der Waals surface area contributed by atoms with Crippen LogP contribution < -0.4 is 11.2 Å². The highest BCUT2D eigenvalue weighted by Crippen LogP contribution is 2.32. The van der Waals surface area contributed by atoms with E-state index in [0.29, 0.717) is 0 Å². The number of aromatic nitrogens is 2. The van der Waals surface area contributed by atoms with Gasteiger partial charge >= 0.3 is 5.69 Å². The third-order valence-corrected chi connectivity index (χ3v) is 4.30. The molecule has 1 aliphatic rings. The molecule has 7 nitrogen and oxygen atoms in total. The van der Waals surface area contributed by atoms with Crippen molar-refractivity contribution in [1.29, 1.82) is 5.26 Å². The van der Waals surface area contributed by atoms with Crippen LogP contribution in [0.4, 0.5) is 0 Å². The van der Waals surface area contributed by atoms with Gasteiger partial charge in [-0.15, -0.1) is 0 Å². The quantitative estimate of drug-likeness (QED) is 0.833. The number of nitrogens with zero attached hydrogens (tertiary/aromatic N) is 4. The summed E-state index contributed by atoms with van der Waals surface area (Å²) in [7, 11) is 3.23. The first kappa shape index (κ1) is 16.2. The Morgan fingerprint density at radius 2 is 1.96 bits per heavy atom. The molecule has 0 saturated carbocycles. The Bertz CT molecular complexity index is 895. The van der Waals surface area contributed by atoms with Crippen molar-refractivity contribution in [2.24, 2.45) is 7.05 Å². The van der Waals surface area contributed by atoms with Crippen LogP contribution in [0.5, 0.6) is 0 Å². The third-order valence-electron chi connectivity index (χ3n) is 4.30. The number of hydroxylamine groups is 2. The van der Waals surface area contributed by atoms with Crippen LogP contribution in [-0.2, 0) is 18.4 Å². The van der Waals surface area contributed by atoms with Crippen LogP contribution in [0.1, 0.15) is 23.6 Å². The minimum atomic E-state index is -0.578. The molecule has 1 aliphatic heterocycles. The van der Waals surface area contributed by atoms with Gasteiger partial charge in [0.05, 0.1) is 18.7 Å². The van der Waals surface area contributed by atoms with Crippen LogP contribution in [0.2, 0.25) is 0 Å². The highest BCUT2D eigenvalue weighted by molar-refractivity contribution is 5.22. The molecule has 0 bridgehead atoms. The predicted molar refractivity (Wildman–Crippen MR) is 87.1 cm³/mol. The minimum absolute atomic E-state index is 0.0527. The number of hydrogen-bond donors (Lipinski definition) is 0. The first-order chi connectivity index (χ1) is 11.5. The summed E-state index contributed by atoms with van der Waals surface area (Å²) in [4.78, 5) is 29.8. The molecule has 124 valence electrons. The Labute approximate surface area is 138 Å². The molecule has 2 heterocycles. The molecule has 1 fully saturated rings. The molecule has 1 aromatic heterocycles. The average Bonchev–Trinajstić information content (AvgIpc) is 2.96. The van der Waals surface area contributed by atoms with Crippen LogP contribution >= 0.6 is 0 Å². The molecule has 0 N–H and O–H groups in total. The van der Waals surface area contributed by atoms with E-state index in [1.165, 1.54) is 17.8 Å². The van der Waals surface area contributed by atoms with Crippen molar-refractivity contribution in [3.63, 3.8) is 0 Å². The summed E-state index contributed by atoms with van der Waals surface area (Å²) in [5.74, 6) is 0. The van der Waals surface area contributed by atoms with Gasteiger partial charge in [0, 0.05) is 20.3 Å². The average molecular weight is 326 g/mol. The fourth-order valence-corrected chi connectivity index (χ4v) is 3.03. The van der Waals surface area contributed by atoms with Gasteiger partial charge in [-0.05, 0) is 12.0 Å². The molecule has 0 radical (unpaired) electrons. The normalized spacial score (nSPS) is 20.9. The van der Waals surface area contributed by atoms with Crippen LogP contribution in [0.3, 0.4) is 0 Å². The lowest BCUT2D eigenvalue weighted by molar-refractivity contribution is -0.147. The fraction of sp³-hybridized carbons (Fsp3) is 0.353. The van der Waals surface area contributed by atoms with Gasteiger partial charge in [0.2, 0.25) is 0 Å². The second kappa shape index (κ2) is 6.43. The van der Waals surface area contributed by atoms with Gasteiger partial charge in [-0.25, -0.2) is 4.79 Å². The van der Waals surface area contributed by atoms with Crippen LogP contribution in [-0.4, -0.2) is 27.3 Å². The van der Waals surface area contributed by atoms with E-state index in [2.05, 4.69) is 0 Å². The molecule has 3 rings (SSSR count). The summed E-state index contributed by atoms with van der Waals surface area (Å²) in [6.45, 7) is 0.287. The lowest BCUT2D eigenvalue weighted by Gasteiger charge is -2.17. The zero-order valence-electron chi connectivity index (χ0n) is 13.5. The SMILES string of the molecule is CN1O[C@@H](Cn2cc(C#N)c(=O)n(C)c2=O)C[C@@H]1c1ccccc1. The van der Waals surface area contributed by atoms with Crippen LogP contribution in [0, 0.1) is 11.3 Å². The minimum Gasteiger partial charge on any atom is -0.296 e. The van der Waals surface area contributed by atoms with Gasteiger partial charge in [-0.1, -0.05) is 30.3 Å². The summed E-state index contributed by atoms with van der Waals surface area (Å²) in [6.07, 6.45) is 1.82. The van der Waals surface area contributed by atoms with Gasteiger partial charge in [0.25, 0.3) is 5.56 Å². The molecule has 1 saturated heterocycles. The van der Waals surface area contributed by atoms with Gasteiger partial charge in [-0.2, -0.15) is 10.3 Å². The number of hydrogen-bond acceptors (Lipinski definition) is 5. The number of rotatable bonds is 3. The van der Waals surface area contributed by atoms with E-state index >= 15 is 0 Å². The van der Waals surface area contributed by atoms with Gasteiger partial charge < -0.3 is 0 Å². The summed E-state index contributed by atoms with van der Waals surface area (Å²) in [5, 5.41) is 10.8. The summed E-state index contributed by atoms with van der Waals surface area (Å²) in [6, 6.07) is 11.9. The van der Waals surface area contributed by atoms with E-state index in [1.807, 2.05) is 43.4 Å². The van der Waals surface area contributed by atoms with Crippen LogP contribution in [0.15, 0.2) is 46.1 Å². The summed E-state index contributed by atoms with van der Waals surface area (Å²) in [5.41, 5.74) is 0.0647. The molecule has 0 unspecified atom stereocenters. The van der Waals surface area contributed by atoms with E-state index in [-0.39, 0.29) is 24.3 Å². The second-order valence-electron chi connectivity index (χ2n) is 5.89. The Hall–Kier alpha value is -2.69. The third kappa shape index (κ3) is 2.89. The lowest BCUT2D eigenvalue weighted by Crippen LogP contribution is -2.40. The smallest absolute Gasteiger partial charge is 0.296 e. The van der Waals surface area contributed by atoms with Crippen molar-refractivity contribution in [2.75, 3.05) is 7.05 Å². The number of nitriles is 1. The van der Waals surface area contributed by atoms with Crippen molar-refractivity contribution in [3.05, 3.63) is 68.5 Å². The zero-order valence-corrected chi connectivity index (χ0v) is 13.5. The largest absolute Gasteiger partial charge is 0.330 e. The van der Waals surface area contributed by atoms with Gasteiger partial charge in [-0.3, -0.25) is 18.8 Å². The van der Waals surface area contributed by atoms with E-state index < -0.39 is 11.2 Å². The lowest BCUT2D eigenvalue weighted by atomic mass is 10.0. The van der Waals surface area contributed by atoms with E-state index in [9.17, 15) is 9.59 Å². The van der Waals surface area contributed by atoms with E-state index in [1.54, 1.807) is 5.06 Å². The molecule has 1 aromatic carbocycles. The maximum atomic E-state index is 12.2. The maximum absolute atomic E-state index is 12.2. The van der Waals surface area contributed by atoms with Crippen molar-refractivity contribution in [2.45, 2.75) is 25.1 Å². The molecule has 0 amide bonds. The first-order valence-electron chi connectivity index (χ1n) is 7.66. The Balaban J connectivity index is 1.84.